The van der Waals surface area contributed by atoms with E-state index in [1.165, 1.54) is 0 Å². The van der Waals surface area contributed by atoms with Crippen LogP contribution in [0.4, 0.5) is 21.2 Å². The highest BCUT2D eigenvalue weighted by Crippen LogP contribution is 2.59. The number of piperidine rings is 1. The number of amides is 3. The van der Waals surface area contributed by atoms with E-state index in [0.717, 1.165) is 29.9 Å². The van der Waals surface area contributed by atoms with E-state index in [4.69, 9.17) is 4.74 Å². The summed E-state index contributed by atoms with van der Waals surface area (Å²) in [5, 5.41) is 16.7. The number of anilines is 3. The van der Waals surface area contributed by atoms with Crippen LogP contribution in [0.15, 0.2) is 72.8 Å². The topological polar surface area (TPSA) is 114 Å². The smallest absolute Gasteiger partial charge is 0.261 e. The zero-order valence-corrected chi connectivity index (χ0v) is 30.4. The zero-order valence-electron chi connectivity index (χ0n) is 29.4. The molecule has 12 heteroatoms. The molecule has 3 aromatic carbocycles. The first-order valence-electron chi connectivity index (χ1n) is 18.1. The van der Waals surface area contributed by atoms with Crippen molar-refractivity contribution in [2.24, 2.45) is 5.92 Å². The molecule has 3 amide bonds. The summed E-state index contributed by atoms with van der Waals surface area (Å²) in [5.74, 6) is -1.18. The van der Waals surface area contributed by atoms with Gasteiger partial charge in [0.1, 0.15) is 5.54 Å². The van der Waals surface area contributed by atoms with Gasteiger partial charge in [0.15, 0.2) is 5.60 Å². The summed E-state index contributed by atoms with van der Waals surface area (Å²) < 4.78 is 23.2. The lowest BCUT2D eigenvalue weighted by molar-refractivity contribution is -0.149. The number of hydrogen-bond acceptors (Lipinski definition) is 7. The Balaban J connectivity index is 1.13. The number of benzene rings is 3. The van der Waals surface area contributed by atoms with Gasteiger partial charge >= 0.3 is 0 Å². The Bertz CT molecular complexity index is 1870. The molecule has 8 rings (SSSR count). The van der Waals surface area contributed by atoms with Crippen LogP contribution in [0.5, 0.6) is 0 Å². The minimum atomic E-state index is -3.52. The number of halogens is 1. The van der Waals surface area contributed by atoms with Crippen LogP contribution in [0.2, 0.25) is 18.6 Å². The van der Waals surface area contributed by atoms with E-state index in [1.54, 1.807) is 22.9 Å². The van der Waals surface area contributed by atoms with E-state index in [9.17, 15) is 19.5 Å². The van der Waals surface area contributed by atoms with Crippen molar-refractivity contribution in [2.45, 2.75) is 81.1 Å². The Morgan fingerprint density at radius 1 is 1.00 bits per heavy atom. The third-order valence-electron chi connectivity index (χ3n) is 12.2. The van der Waals surface area contributed by atoms with Crippen LogP contribution in [-0.4, -0.2) is 80.2 Å². The SMILES string of the molecule is C[C@H]1[C@H]([Si](C)(C)F)[C@@H](CC(=O)N2Cc3ccccc3C[C@H]2CO)O[C@]12C(=O)Nc1ccc(N3CN(c4ccccc4)C4(CCNCC4)C3=O)cc12. The van der Waals surface area contributed by atoms with E-state index < -0.39 is 43.2 Å². The van der Waals surface area contributed by atoms with Crippen molar-refractivity contribution in [3.8, 4) is 0 Å². The highest BCUT2D eigenvalue weighted by molar-refractivity contribution is 6.72. The van der Waals surface area contributed by atoms with Gasteiger partial charge < -0.3 is 34.4 Å². The van der Waals surface area contributed by atoms with E-state index in [0.29, 0.717) is 49.4 Å². The molecule has 5 heterocycles. The Morgan fingerprint density at radius 2 is 1.71 bits per heavy atom. The van der Waals surface area contributed by atoms with Crippen molar-refractivity contribution in [3.05, 3.63) is 89.5 Å². The Morgan fingerprint density at radius 3 is 2.41 bits per heavy atom. The Kier molecular flexibility index (Phi) is 8.36. The predicted molar refractivity (Wildman–Crippen MR) is 195 cm³/mol. The lowest BCUT2D eigenvalue weighted by Crippen LogP contribution is -2.55. The van der Waals surface area contributed by atoms with Crippen LogP contribution in [0, 0.1) is 5.92 Å². The first-order chi connectivity index (χ1) is 24.5. The summed E-state index contributed by atoms with van der Waals surface area (Å²) in [5.41, 5.74) is 1.99. The molecule has 5 aliphatic heterocycles. The molecular formula is C39H46FN5O5Si. The van der Waals surface area contributed by atoms with Crippen LogP contribution in [0.3, 0.4) is 0 Å². The molecule has 0 saturated carbocycles. The summed E-state index contributed by atoms with van der Waals surface area (Å²) >= 11 is 0. The number of ether oxygens (including phenoxy) is 1. The fourth-order valence-electron chi connectivity index (χ4n) is 9.72. The Labute approximate surface area is 299 Å². The molecule has 0 unspecified atom stereocenters. The number of nitrogens with one attached hydrogen (secondary N) is 2. The van der Waals surface area contributed by atoms with Gasteiger partial charge in [0.05, 0.1) is 31.8 Å². The van der Waals surface area contributed by atoms with Crippen molar-refractivity contribution in [2.75, 3.05) is 41.5 Å². The average Bonchev–Trinajstić information content (AvgIpc) is 3.70. The molecule has 3 aromatic rings. The molecule has 51 heavy (non-hydrogen) atoms. The number of carbonyl (C=O) groups is 3. The molecule has 10 nitrogen and oxygen atoms in total. The van der Waals surface area contributed by atoms with Crippen molar-refractivity contribution < 1.29 is 28.3 Å². The number of aliphatic hydroxyl groups excluding tert-OH is 1. The lowest BCUT2D eigenvalue weighted by atomic mass is 9.82. The maximum absolute atomic E-state index is 16.4. The van der Waals surface area contributed by atoms with Crippen LogP contribution >= 0.6 is 0 Å². The summed E-state index contributed by atoms with van der Waals surface area (Å²) in [4.78, 5) is 48.3. The van der Waals surface area contributed by atoms with Crippen LogP contribution in [0.25, 0.3) is 0 Å². The molecular weight excluding hydrogens is 666 g/mol. The van der Waals surface area contributed by atoms with E-state index in [-0.39, 0.29) is 30.7 Å². The van der Waals surface area contributed by atoms with Crippen LogP contribution in [-0.2, 0) is 37.7 Å². The molecule has 3 saturated heterocycles. The van der Waals surface area contributed by atoms with E-state index in [1.807, 2.05) is 79.7 Å². The number of para-hydroxylation sites is 1. The fraction of sp³-hybridized carbons (Fsp3) is 0.462. The van der Waals surface area contributed by atoms with Gasteiger partial charge in [0.25, 0.3) is 11.8 Å². The molecule has 2 spiro atoms. The minimum Gasteiger partial charge on any atom is -0.394 e. The molecule has 268 valence electrons. The molecule has 0 aromatic heterocycles. The highest BCUT2D eigenvalue weighted by Gasteiger charge is 2.66. The molecule has 5 aliphatic rings. The van der Waals surface area contributed by atoms with E-state index in [2.05, 4.69) is 15.5 Å². The first kappa shape index (κ1) is 34.0. The summed E-state index contributed by atoms with van der Waals surface area (Å²) in [7, 11) is -3.52. The maximum atomic E-state index is 16.4. The number of carbonyl (C=O) groups excluding carboxylic acids is 3. The summed E-state index contributed by atoms with van der Waals surface area (Å²) in [6.07, 6.45) is 0.908. The van der Waals surface area contributed by atoms with Gasteiger partial charge in [-0.2, -0.15) is 0 Å². The molecule has 0 bridgehead atoms. The van der Waals surface area contributed by atoms with Gasteiger partial charge in [-0.25, -0.2) is 0 Å². The lowest BCUT2D eigenvalue weighted by Gasteiger charge is -2.39. The molecule has 0 aliphatic carbocycles. The third kappa shape index (κ3) is 5.32. The maximum Gasteiger partial charge on any atom is 0.261 e. The van der Waals surface area contributed by atoms with Crippen molar-refractivity contribution in [3.63, 3.8) is 0 Å². The zero-order chi connectivity index (χ0) is 35.7. The normalized spacial score (nSPS) is 28.4. The number of aliphatic hydroxyl groups is 1. The van der Waals surface area contributed by atoms with Gasteiger partial charge in [-0.1, -0.05) is 49.4 Å². The van der Waals surface area contributed by atoms with Gasteiger partial charge in [-0.3, -0.25) is 19.3 Å². The molecule has 5 atom stereocenters. The first-order valence-corrected chi connectivity index (χ1v) is 21.1. The monoisotopic (exact) mass is 711 g/mol. The van der Waals surface area contributed by atoms with Crippen LogP contribution < -0.4 is 20.4 Å². The third-order valence-corrected chi connectivity index (χ3v) is 14.7. The number of rotatable bonds is 6. The molecule has 3 N–H and O–H groups in total. The number of hydrogen-bond donors (Lipinski definition) is 3. The minimum absolute atomic E-state index is 0.0136. The van der Waals surface area contributed by atoms with Gasteiger partial charge in [0.2, 0.25) is 14.3 Å². The predicted octanol–water partition coefficient (Wildman–Crippen LogP) is 4.68. The fourth-order valence-corrected chi connectivity index (χ4v) is 12.2. The summed E-state index contributed by atoms with van der Waals surface area (Å²) in [6, 6.07) is 23.0. The largest absolute Gasteiger partial charge is 0.394 e. The molecule has 0 radical (unpaired) electrons. The second-order valence-corrected chi connectivity index (χ2v) is 19.2. The van der Waals surface area contributed by atoms with E-state index >= 15 is 4.11 Å². The van der Waals surface area contributed by atoms with Crippen molar-refractivity contribution >= 4 is 43.2 Å². The van der Waals surface area contributed by atoms with Gasteiger partial charge in [-0.15, -0.1) is 0 Å². The number of fused-ring (bicyclic) bond motifs is 3. The van der Waals surface area contributed by atoms with Gasteiger partial charge in [-0.05, 0) is 86.9 Å². The average molecular weight is 712 g/mol. The summed E-state index contributed by atoms with van der Waals surface area (Å²) in [6.45, 7) is 7.06. The Hall–Kier alpha value is -4.10. The standard InChI is InChI=1S/C39H46FN5O5Si/c1-25-35(51(2,3)40)33(21-34(47)43-22-27-10-8-7-9-26(27)19-30(43)23-46)50-39(25)31-20-29(13-14-32(31)42-36(39)48)44-24-45(28-11-5-4-6-12-28)38(37(44)49)15-17-41-18-16-38/h4-14,20,25,30,33,35,41,46H,15-19,21-24H2,1-3H3,(H,42,48)/t25-,30-,33+,35-,39+/m0/s1. The second kappa shape index (κ2) is 12.5. The number of nitrogens with zero attached hydrogens (tertiary/aromatic N) is 3. The van der Waals surface area contributed by atoms with Crippen molar-refractivity contribution in [1.82, 2.24) is 10.2 Å². The highest BCUT2D eigenvalue weighted by atomic mass is 28.4. The van der Waals surface area contributed by atoms with Crippen LogP contribution in [0.1, 0.15) is 42.9 Å². The van der Waals surface area contributed by atoms with Crippen molar-refractivity contribution in [1.29, 1.82) is 0 Å². The van der Waals surface area contributed by atoms with Gasteiger partial charge in [0, 0.05) is 40.6 Å². The quantitative estimate of drug-likeness (QED) is 0.252. The molecule has 3 fully saturated rings. The second-order valence-electron chi connectivity index (χ2n) is 15.4.